The van der Waals surface area contributed by atoms with Gasteiger partial charge in [-0.2, -0.15) is 0 Å². The van der Waals surface area contributed by atoms with E-state index in [0.29, 0.717) is 74.1 Å². The van der Waals surface area contributed by atoms with E-state index in [0.717, 1.165) is 22.3 Å². The van der Waals surface area contributed by atoms with Crippen molar-refractivity contribution in [2.45, 2.75) is 45.1 Å². The lowest BCUT2D eigenvalue weighted by Gasteiger charge is -2.38. The Hall–Kier alpha value is -4.73. The minimum Gasteiger partial charge on any atom is -0.493 e. The number of ether oxygens (including phenoxy) is 4. The van der Waals surface area contributed by atoms with Gasteiger partial charge in [-0.25, -0.2) is 0 Å². The van der Waals surface area contributed by atoms with Crippen molar-refractivity contribution in [2.75, 3.05) is 40.5 Å². The van der Waals surface area contributed by atoms with Crippen LogP contribution in [0.25, 0.3) is 0 Å². The molecule has 10 heteroatoms. The highest BCUT2D eigenvalue weighted by molar-refractivity contribution is 5.79. The van der Waals surface area contributed by atoms with E-state index in [9.17, 15) is 14.4 Å². The summed E-state index contributed by atoms with van der Waals surface area (Å²) in [6, 6.07) is 16.9. The third-order valence-electron chi connectivity index (χ3n) is 7.86. The van der Waals surface area contributed by atoms with E-state index in [1.165, 1.54) is 6.92 Å². The molecule has 232 valence electrons. The van der Waals surface area contributed by atoms with Gasteiger partial charge in [0.05, 0.1) is 26.9 Å². The summed E-state index contributed by atoms with van der Waals surface area (Å²) in [6.07, 6.45) is 2.35. The van der Waals surface area contributed by atoms with Gasteiger partial charge in [-0.05, 0) is 77.9 Å². The summed E-state index contributed by atoms with van der Waals surface area (Å²) in [7, 11) is 3.18. The van der Waals surface area contributed by atoms with Gasteiger partial charge in [0.2, 0.25) is 17.7 Å². The predicted octanol–water partition coefficient (Wildman–Crippen LogP) is 4.33. The fraction of sp³-hybridized carbons (Fsp3) is 0.382. The topological polar surface area (TPSA) is 115 Å². The van der Waals surface area contributed by atoms with Gasteiger partial charge in [0.15, 0.2) is 23.0 Å². The molecular formula is C34H39N3O7. The van der Waals surface area contributed by atoms with Gasteiger partial charge in [-0.15, -0.1) is 0 Å². The average molecular weight is 602 g/mol. The number of aryl methyl sites for hydroxylation is 1. The zero-order valence-electron chi connectivity index (χ0n) is 25.4. The molecule has 10 nitrogen and oxygen atoms in total. The Morgan fingerprint density at radius 1 is 1.00 bits per heavy atom. The average Bonchev–Trinajstić information content (AvgIpc) is 3.02. The van der Waals surface area contributed by atoms with Gasteiger partial charge in [0.1, 0.15) is 5.75 Å². The third-order valence-corrected chi connectivity index (χ3v) is 7.86. The molecule has 3 aromatic rings. The number of carbonyl (C=O) groups excluding carboxylic acids is 3. The number of carbonyl (C=O) groups is 3. The Kier molecular flexibility index (Phi) is 9.89. The number of hydrogen-bond acceptors (Lipinski definition) is 7. The summed E-state index contributed by atoms with van der Waals surface area (Å²) < 4.78 is 23.9. The van der Waals surface area contributed by atoms with E-state index in [4.69, 9.17) is 18.9 Å². The first-order chi connectivity index (χ1) is 21.4. The highest BCUT2D eigenvalue weighted by Gasteiger charge is 2.34. The number of nitrogens with one attached hydrogen (secondary N) is 2. The first-order valence-electron chi connectivity index (χ1n) is 14.9. The quantitative estimate of drug-likeness (QED) is 0.448. The highest BCUT2D eigenvalue weighted by atomic mass is 16.5. The second-order valence-electron chi connectivity index (χ2n) is 10.9. The van der Waals surface area contributed by atoms with E-state index in [-0.39, 0.29) is 30.7 Å². The smallest absolute Gasteiger partial charge is 0.225 e. The zero-order valence-corrected chi connectivity index (χ0v) is 25.4. The molecule has 3 aliphatic rings. The van der Waals surface area contributed by atoms with Crippen molar-refractivity contribution in [3.05, 3.63) is 76.9 Å². The standard InChI is InChI=1S/C34H39N3O7/c1-22(38)35-15-12-33(40)37-16-13-24-19-31-29(42-3)21-27(24)34(37)25-9-10-28(41-2)30(20-25)43-17-5-14-36-32(39)11-8-23-6-4-7-26(18-23)44-31/h4,6-7,9-10,18-21,34H,5,8,11-17H2,1-3H3,(H,35,38)(H,36,39). The third kappa shape index (κ3) is 7.24. The second-order valence-corrected chi connectivity index (χ2v) is 10.9. The molecule has 3 aromatic carbocycles. The normalized spacial score (nSPS) is 16.6. The van der Waals surface area contributed by atoms with E-state index in [1.54, 1.807) is 14.2 Å². The van der Waals surface area contributed by atoms with Crippen molar-refractivity contribution < 1.29 is 33.3 Å². The molecule has 2 N–H and O–H groups in total. The van der Waals surface area contributed by atoms with Crippen LogP contribution in [-0.2, 0) is 27.2 Å². The van der Waals surface area contributed by atoms with Gasteiger partial charge in [-0.3, -0.25) is 14.4 Å². The maximum atomic E-state index is 13.6. The fourth-order valence-corrected chi connectivity index (χ4v) is 5.68. The number of rotatable bonds is 5. The molecule has 0 aromatic heterocycles. The van der Waals surface area contributed by atoms with Crippen LogP contribution in [0.3, 0.4) is 0 Å². The molecular weight excluding hydrogens is 562 g/mol. The maximum absolute atomic E-state index is 13.6. The molecule has 3 aliphatic heterocycles. The second kappa shape index (κ2) is 14.2. The molecule has 0 fully saturated rings. The van der Waals surface area contributed by atoms with E-state index < -0.39 is 6.04 Å². The summed E-state index contributed by atoms with van der Waals surface area (Å²) in [5, 5.41) is 5.69. The van der Waals surface area contributed by atoms with Crippen LogP contribution in [0.15, 0.2) is 54.6 Å². The molecule has 0 saturated heterocycles. The van der Waals surface area contributed by atoms with Gasteiger partial charge in [0, 0.05) is 39.4 Å². The molecule has 0 aliphatic carbocycles. The van der Waals surface area contributed by atoms with Gasteiger partial charge in [-0.1, -0.05) is 18.2 Å². The SMILES string of the molecule is COc1ccc2cc1OCCCNC(=O)CCc1cccc(c1)Oc1cc3c(cc1OC)C2N(C(=O)CCNC(C)=O)CC3. The van der Waals surface area contributed by atoms with Crippen molar-refractivity contribution >= 4 is 17.7 Å². The van der Waals surface area contributed by atoms with E-state index in [2.05, 4.69) is 10.6 Å². The van der Waals surface area contributed by atoms with Gasteiger partial charge in [0.25, 0.3) is 0 Å². The summed E-state index contributed by atoms with van der Waals surface area (Å²) >= 11 is 0. The Bertz CT molecular complexity index is 1520. The van der Waals surface area contributed by atoms with Gasteiger partial charge >= 0.3 is 0 Å². The van der Waals surface area contributed by atoms with Crippen LogP contribution < -0.4 is 29.6 Å². The van der Waals surface area contributed by atoms with Crippen LogP contribution in [0.2, 0.25) is 0 Å². The van der Waals surface area contributed by atoms with Crippen LogP contribution in [0, 0.1) is 0 Å². The van der Waals surface area contributed by atoms with Crippen LogP contribution in [0.4, 0.5) is 0 Å². The number of hydrogen-bond donors (Lipinski definition) is 2. The molecule has 0 spiro atoms. The summed E-state index contributed by atoms with van der Waals surface area (Å²) in [4.78, 5) is 39.4. The van der Waals surface area contributed by atoms with Crippen LogP contribution in [0.5, 0.6) is 28.7 Å². The zero-order chi connectivity index (χ0) is 31.1. The van der Waals surface area contributed by atoms with Crippen molar-refractivity contribution in [1.82, 2.24) is 15.5 Å². The van der Waals surface area contributed by atoms with Crippen LogP contribution >= 0.6 is 0 Å². The molecule has 1 unspecified atom stereocenters. The van der Waals surface area contributed by atoms with Crippen molar-refractivity contribution in [2.24, 2.45) is 0 Å². The lowest BCUT2D eigenvalue weighted by atomic mass is 9.87. The Morgan fingerprint density at radius 2 is 1.84 bits per heavy atom. The molecule has 0 saturated carbocycles. The van der Waals surface area contributed by atoms with Crippen molar-refractivity contribution in [3.63, 3.8) is 0 Å². The Labute approximate surface area is 257 Å². The number of fused-ring (bicyclic) bond motifs is 8. The monoisotopic (exact) mass is 601 g/mol. The Morgan fingerprint density at radius 3 is 2.64 bits per heavy atom. The molecule has 3 heterocycles. The minimum atomic E-state index is -0.437. The lowest BCUT2D eigenvalue weighted by Crippen LogP contribution is -2.41. The van der Waals surface area contributed by atoms with Crippen LogP contribution in [0.1, 0.15) is 54.5 Å². The molecule has 0 radical (unpaired) electrons. The summed E-state index contributed by atoms with van der Waals surface area (Å²) in [6.45, 7) is 3.04. The van der Waals surface area contributed by atoms with E-state index in [1.807, 2.05) is 59.5 Å². The first kappa shape index (κ1) is 30.7. The largest absolute Gasteiger partial charge is 0.493 e. The predicted molar refractivity (Wildman–Crippen MR) is 165 cm³/mol. The minimum absolute atomic E-state index is 0.0274. The molecule has 6 rings (SSSR count). The fourth-order valence-electron chi connectivity index (χ4n) is 5.68. The summed E-state index contributed by atoms with van der Waals surface area (Å²) in [5.41, 5.74) is 3.81. The number of amides is 3. The van der Waals surface area contributed by atoms with E-state index >= 15 is 0 Å². The van der Waals surface area contributed by atoms with Crippen molar-refractivity contribution in [1.29, 1.82) is 0 Å². The van der Waals surface area contributed by atoms with Gasteiger partial charge < -0.3 is 34.5 Å². The van der Waals surface area contributed by atoms with Crippen LogP contribution in [-0.4, -0.2) is 63.1 Å². The molecule has 8 bridgehead atoms. The highest BCUT2D eigenvalue weighted by Crippen LogP contribution is 2.44. The van der Waals surface area contributed by atoms with Crippen molar-refractivity contribution in [3.8, 4) is 28.7 Å². The number of methoxy groups -OCH3 is 2. The number of benzene rings is 3. The molecule has 44 heavy (non-hydrogen) atoms. The molecule has 1 atom stereocenters. The Balaban J connectivity index is 1.59. The molecule has 3 amide bonds. The lowest BCUT2D eigenvalue weighted by molar-refractivity contribution is -0.133. The number of nitrogens with zero attached hydrogens (tertiary/aromatic N) is 1. The first-order valence-corrected chi connectivity index (χ1v) is 14.9. The maximum Gasteiger partial charge on any atom is 0.225 e. The summed E-state index contributed by atoms with van der Waals surface area (Å²) in [5.74, 6) is 2.59.